The van der Waals surface area contributed by atoms with Crippen LogP contribution in [0.15, 0.2) is 46.0 Å². The van der Waals surface area contributed by atoms with Crippen molar-refractivity contribution < 1.29 is 9.59 Å². The molecule has 0 bridgehead atoms. The van der Waals surface area contributed by atoms with E-state index in [-0.39, 0.29) is 23.3 Å². The number of nitrogens with one attached hydrogen (secondary N) is 1. The van der Waals surface area contributed by atoms with Crippen molar-refractivity contribution in [3.8, 4) is 0 Å². The molecule has 1 N–H and O–H groups in total. The third-order valence-electron chi connectivity index (χ3n) is 5.67. The van der Waals surface area contributed by atoms with Gasteiger partial charge in [0.05, 0.1) is 5.39 Å². The number of fused-ring (bicyclic) bond motifs is 1. The molecule has 9 nitrogen and oxygen atoms in total. The number of likely N-dealkylation sites (tertiary alicyclic amines) is 1. The van der Waals surface area contributed by atoms with E-state index in [1.807, 2.05) is 0 Å². The Balaban J connectivity index is 1.55. The van der Waals surface area contributed by atoms with Crippen LogP contribution in [0.3, 0.4) is 0 Å². The smallest absolute Gasteiger partial charge is 0.332 e. The Morgan fingerprint density at radius 1 is 1.03 bits per heavy atom. The van der Waals surface area contributed by atoms with E-state index in [9.17, 15) is 19.2 Å². The number of amides is 2. The second kappa shape index (κ2) is 7.82. The van der Waals surface area contributed by atoms with E-state index in [1.165, 1.54) is 18.5 Å². The van der Waals surface area contributed by atoms with Gasteiger partial charge in [-0.05, 0) is 42.8 Å². The number of hydrogen-bond acceptors (Lipinski definition) is 5. The molecule has 1 aliphatic heterocycles. The van der Waals surface area contributed by atoms with Crippen LogP contribution in [0.1, 0.15) is 35.3 Å². The van der Waals surface area contributed by atoms with Gasteiger partial charge >= 0.3 is 5.69 Å². The molecule has 4 rings (SSSR count). The maximum absolute atomic E-state index is 12.9. The van der Waals surface area contributed by atoms with Crippen LogP contribution in [0.25, 0.3) is 11.0 Å². The van der Waals surface area contributed by atoms with Crippen molar-refractivity contribution >= 4 is 28.5 Å². The topological polar surface area (TPSA) is 106 Å². The average molecular weight is 421 g/mol. The molecule has 0 spiro atoms. The molecule has 0 aliphatic carbocycles. The Morgan fingerprint density at radius 2 is 1.74 bits per heavy atom. The second-order valence-electron chi connectivity index (χ2n) is 7.81. The number of anilines is 1. The zero-order chi connectivity index (χ0) is 22.3. The Labute approximate surface area is 177 Å². The van der Waals surface area contributed by atoms with Crippen molar-refractivity contribution in [3.05, 3.63) is 68.5 Å². The third kappa shape index (κ3) is 3.74. The maximum atomic E-state index is 12.9. The highest BCUT2D eigenvalue weighted by molar-refractivity contribution is 5.95. The fourth-order valence-corrected chi connectivity index (χ4v) is 3.96. The van der Waals surface area contributed by atoms with Crippen molar-refractivity contribution in [2.45, 2.75) is 19.3 Å². The van der Waals surface area contributed by atoms with Crippen LogP contribution < -0.4 is 16.6 Å². The number of aryl methyl sites for hydroxylation is 1. The number of pyridine rings is 1. The predicted molar refractivity (Wildman–Crippen MR) is 116 cm³/mol. The van der Waals surface area contributed by atoms with E-state index in [0.717, 1.165) is 16.7 Å². The molecule has 0 unspecified atom stereocenters. The first-order valence-electron chi connectivity index (χ1n) is 10.00. The summed E-state index contributed by atoms with van der Waals surface area (Å²) in [6, 6.07) is 10.3. The summed E-state index contributed by atoms with van der Waals surface area (Å²) in [4.78, 5) is 55.0. The molecule has 2 aromatic heterocycles. The lowest BCUT2D eigenvalue weighted by Crippen LogP contribution is -2.37. The summed E-state index contributed by atoms with van der Waals surface area (Å²) in [5, 5.41) is 3.07. The average Bonchev–Trinajstić information content (AvgIpc) is 3.26. The Morgan fingerprint density at radius 3 is 2.42 bits per heavy atom. The molecule has 31 heavy (non-hydrogen) atoms. The van der Waals surface area contributed by atoms with Gasteiger partial charge in [0.2, 0.25) is 5.91 Å². The normalized spacial score (nSPS) is 16.0. The first kappa shape index (κ1) is 20.5. The highest BCUT2D eigenvalue weighted by atomic mass is 16.2. The lowest BCUT2D eigenvalue weighted by atomic mass is 10.0. The summed E-state index contributed by atoms with van der Waals surface area (Å²) < 4.78 is 2.44. The Kier molecular flexibility index (Phi) is 5.18. The fourth-order valence-electron chi connectivity index (χ4n) is 3.96. The monoisotopic (exact) mass is 421 g/mol. The molecule has 3 aromatic rings. The van der Waals surface area contributed by atoms with Gasteiger partial charge in [0, 0.05) is 57.0 Å². The van der Waals surface area contributed by atoms with Gasteiger partial charge in [-0.2, -0.15) is 0 Å². The van der Waals surface area contributed by atoms with E-state index < -0.39 is 5.69 Å². The van der Waals surface area contributed by atoms with Gasteiger partial charge in [-0.25, -0.2) is 9.78 Å². The fraction of sp³-hybridized carbons (Fsp3) is 0.318. The van der Waals surface area contributed by atoms with Gasteiger partial charge in [0.15, 0.2) is 0 Å². The quantitative estimate of drug-likeness (QED) is 0.684. The van der Waals surface area contributed by atoms with Crippen molar-refractivity contribution in [1.82, 2.24) is 19.0 Å². The minimum Gasteiger partial charge on any atom is -0.338 e. The lowest BCUT2D eigenvalue weighted by molar-refractivity contribution is -0.114. The molecule has 2 amide bonds. The van der Waals surface area contributed by atoms with Crippen LogP contribution in [0.5, 0.6) is 0 Å². The predicted octanol–water partition coefficient (Wildman–Crippen LogP) is 1.22. The number of benzene rings is 1. The summed E-state index contributed by atoms with van der Waals surface area (Å²) in [7, 11) is 3.04. The second-order valence-corrected chi connectivity index (χ2v) is 7.81. The molecular weight excluding hydrogens is 398 g/mol. The van der Waals surface area contributed by atoms with Crippen LogP contribution >= 0.6 is 0 Å². The summed E-state index contributed by atoms with van der Waals surface area (Å²) in [5.41, 5.74) is 1.50. The minimum atomic E-state index is -0.423. The molecule has 1 aliphatic rings. The number of rotatable bonds is 3. The first-order chi connectivity index (χ1) is 14.8. The highest BCUT2D eigenvalue weighted by Crippen LogP contribution is 2.28. The van der Waals surface area contributed by atoms with Crippen molar-refractivity contribution in [3.63, 3.8) is 0 Å². The van der Waals surface area contributed by atoms with Gasteiger partial charge in [-0.3, -0.25) is 23.5 Å². The zero-order valence-electron chi connectivity index (χ0n) is 17.6. The van der Waals surface area contributed by atoms with Crippen LogP contribution in [0, 0.1) is 0 Å². The highest BCUT2D eigenvalue weighted by Gasteiger charge is 2.29. The number of carbonyl (C=O) groups is 2. The van der Waals surface area contributed by atoms with Gasteiger partial charge in [-0.1, -0.05) is 0 Å². The first-order valence-corrected chi connectivity index (χ1v) is 10.00. The molecule has 160 valence electrons. The van der Waals surface area contributed by atoms with Crippen LogP contribution in [-0.2, 0) is 18.9 Å². The van der Waals surface area contributed by atoms with Crippen molar-refractivity contribution in [1.29, 1.82) is 0 Å². The summed E-state index contributed by atoms with van der Waals surface area (Å²) in [6.07, 6.45) is 0.743. The Hall–Kier alpha value is -3.75. The zero-order valence-corrected chi connectivity index (χ0v) is 17.6. The number of nitrogens with zero attached hydrogens (tertiary/aromatic N) is 4. The van der Waals surface area contributed by atoms with E-state index in [4.69, 9.17) is 0 Å². The molecule has 1 atom stereocenters. The molecule has 1 saturated heterocycles. The van der Waals surface area contributed by atoms with Gasteiger partial charge in [0.25, 0.3) is 11.5 Å². The molecule has 0 saturated carbocycles. The van der Waals surface area contributed by atoms with Gasteiger partial charge in [0.1, 0.15) is 5.65 Å². The Bertz CT molecular complexity index is 1310. The van der Waals surface area contributed by atoms with Gasteiger partial charge < -0.3 is 10.2 Å². The molecule has 3 heterocycles. The van der Waals surface area contributed by atoms with E-state index in [2.05, 4.69) is 10.3 Å². The van der Waals surface area contributed by atoms with E-state index in [0.29, 0.717) is 35.4 Å². The molecular formula is C22H23N5O4. The standard InChI is InChI=1S/C22H23N5O4/c1-13(28)23-16-6-4-14(5-7-16)20(29)27-11-10-15(12-27)18-9-8-17-19(24-18)25(2)22(31)26(3)21(17)30/h4-9,15H,10-12H2,1-3H3,(H,23,28)/t15-/m1/s1. The molecule has 9 heteroatoms. The van der Waals surface area contributed by atoms with Crippen LogP contribution in [0.2, 0.25) is 0 Å². The minimum absolute atomic E-state index is 0.0196. The van der Waals surface area contributed by atoms with E-state index >= 15 is 0 Å². The van der Waals surface area contributed by atoms with E-state index in [1.54, 1.807) is 48.3 Å². The summed E-state index contributed by atoms with van der Waals surface area (Å²) >= 11 is 0. The third-order valence-corrected chi connectivity index (χ3v) is 5.67. The van der Waals surface area contributed by atoms with Crippen LogP contribution in [0.4, 0.5) is 5.69 Å². The van der Waals surface area contributed by atoms with Crippen molar-refractivity contribution in [2.24, 2.45) is 14.1 Å². The largest absolute Gasteiger partial charge is 0.338 e. The number of aromatic nitrogens is 3. The summed E-state index contributed by atoms with van der Waals surface area (Å²) in [5.74, 6) is -0.232. The number of hydrogen-bond donors (Lipinski definition) is 1. The van der Waals surface area contributed by atoms with Crippen molar-refractivity contribution in [2.75, 3.05) is 18.4 Å². The van der Waals surface area contributed by atoms with Gasteiger partial charge in [-0.15, -0.1) is 0 Å². The molecule has 1 aromatic carbocycles. The van der Waals surface area contributed by atoms with Crippen LogP contribution in [-0.4, -0.2) is 43.9 Å². The number of carbonyl (C=O) groups excluding carboxylic acids is 2. The maximum Gasteiger partial charge on any atom is 0.332 e. The SMILES string of the molecule is CC(=O)Nc1ccc(C(=O)N2CC[C@@H](c3ccc4c(=O)n(C)c(=O)n(C)c4n3)C2)cc1. The molecule has 1 fully saturated rings. The summed E-state index contributed by atoms with van der Waals surface area (Å²) in [6.45, 7) is 2.52. The lowest BCUT2D eigenvalue weighted by Gasteiger charge is -2.17. The molecule has 0 radical (unpaired) electrons.